The Labute approximate surface area is 360 Å². The molecule has 301 valence electrons. The Balaban J connectivity index is 0.0000101. The number of phosphoric ester groups is 3. The Bertz CT molecular complexity index is 1810. The van der Waals surface area contributed by atoms with Crippen LogP contribution in [0.15, 0.2) is 24.8 Å². The summed E-state index contributed by atoms with van der Waals surface area (Å²) in [5.74, 6) is -1.13. The van der Waals surface area contributed by atoms with E-state index in [-0.39, 0.29) is 98.2 Å². The van der Waals surface area contributed by atoms with Gasteiger partial charge in [-0.3, -0.25) is 32.5 Å². The fraction of sp³-hybridized carbons (Fsp3) is 0.600. The van der Waals surface area contributed by atoms with Gasteiger partial charge in [0.25, 0.3) is 0 Å². The van der Waals surface area contributed by atoms with Gasteiger partial charge in [0.15, 0.2) is 17.7 Å². The van der Waals surface area contributed by atoms with Crippen molar-refractivity contribution >= 4 is 126 Å². The predicted octanol–water partition coefficient (Wildman–Crippen LogP) is -1.90. The first-order valence-corrected chi connectivity index (χ1v) is 20.7. The van der Waals surface area contributed by atoms with Gasteiger partial charge in [0.1, 0.15) is 36.3 Å². The number of imidazole rings is 1. The third-order valence-corrected chi connectivity index (χ3v) is 11.0. The van der Waals surface area contributed by atoms with Gasteiger partial charge in [-0.25, -0.2) is 28.6 Å². The van der Waals surface area contributed by atoms with Crippen LogP contribution in [0.3, 0.4) is 0 Å². The van der Waals surface area contributed by atoms with Crippen LogP contribution in [0.2, 0.25) is 0 Å². The molecule has 10 N–H and O–H groups in total. The van der Waals surface area contributed by atoms with Crippen molar-refractivity contribution in [2.45, 2.75) is 57.8 Å². The van der Waals surface area contributed by atoms with Gasteiger partial charge in [-0.15, -0.1) is 0 Å². The molecule has 0 aliphatic carbocycles. The number of nitrogens with zero attached hydrogens (tertiary/aromatic N) is 4. The number of phosphoric acid groups is 3. The zero-order valence-corrected chi connectivity index (χ0v) is 34.7. The quantitative estimate of drug-likeness (QED) is 0.0304. The molecule has 3 rings (SSSR count). The Morgan fingerprint density at radius 1 is 1.05 bits per heavy atom. The summed E-state index contributed by atoms with van der Waals surface area (Å²) in [4.78, 5) is 86.7. The molecule has 0 bridgehead atoms. The SMILES string of the molecule is C/C=C/C(=O)SCCNC(=O)CCNC(=O)C(O)C(C)(C)COP(=O)(O)OP(=O)(O)OCC1OC(n2cnc3c(N)ncnc32)C(O)C1OP(=O)(O)O.[Li].[Li].[Li]. The molecule has 2 aromatic heterocycles. The molecule has 1 aliphatic rings. The molecule has 0 spiro atoms. The molecule has 1 aliphatic heterocycles. The van der Waals surface area contributed by atoms with E-state index in [4.69, 9.17) is 19.5 Å². The number of carbonyl (C=O) groups excluding carboxylic acids is 3. The van der Waals surface area contributed by atoms with Crippen LogP contribution < -0.4 is 16.4 Å². The van der Waals surface area contributed by atoms with E-state index < -0.39 is 84.6 Å². The number of nitrogens with two attached hydrogens (primary N) is 1. The summed E-state index contributed by atoms with van der Waals surface area (Å²) in [5, 5.41) is 26.1. The normalized spacial score (nSPS) is 21.2. The summed E-state index contributed by atoms with van der Waals surface area (Å²) in [6.07, 6.45) is -3.94. The number of nitrogen functional groups attached to an aromatic ring is 1. The van der Waals surface area contributed by atoms with Crippen LogP contribution in [0.25, 0.3) is 11.2 Å². The van der Waals surface area contributed by atoms with Crippen LogP contribution in [0.1, 0.15) is 33.4 Å². The molecular formula is C25H40Li3N7O17P3S. The van der Waals surface area contributed by atoms with E-state index in [2.05, 4.69) is 34.4 Å². The molecule has 2 aromatic rings. The first-order valence-electron chi connectivity index (χ1n) is 15.2. The van der Waals surface area contributed by atoms with E-state index in [1.165, 1.54) is 19.9 Å². The monoisotopic (exact) mass is 856 g/mol. The third-order valence-electron chi connectivity index (χ3n) is 7.05. The molecule has 7 atom stereocenters. The number of amides is 2. The zero-order chi connectivity index (χ0) is 39.8. The number of aliphatic hydroxyl groups is 2. The first-order chi connectivity index (χ1) is 24.6. The smallest absolute Gasteiger partial charge is 0.386 e. The van der Waals surface area contributed by atoms with Gasteiger partial charge in [0.05, 0.1) is 19.5 Å². The zero-order valence-electron chi connectivity index (χ0n) is 31.2. The van der Waals surface area contributed by atoms with Crippen molar-refractivity contribution in [3.63, 3.8) is 0 Å². The van der Waals surface area contributed by atoms with E-state index in [0.717, 1.165) is 29.0 Å². The number of rotatable bonds is 20. The largest absolute Gasteiger partial charge is 0.481 e. The minimum Gasteiger partial charge on any atom is -0.386 e. The van der Waals surface area contributed by atoms with Crippen molar-refractivity contribution < 1.29 is 80.5 Å². The summed E-state index contributed by atoms with van der Waals surface area (Å²) in [7, 11) is -16.4. The number of allylic oxidation sites excluding steroid dienone is 1. The topological polar surface area (TPSA) is 364 Å². The first kappa shape index (κ1) is 55.1. The number of hydrogen-bond donors (Lipinski definition) is 9. The molecule has 1 fully saturated rings. The van der Waals surface area contributed by atoms with E-state index in [1.54, 1.807) is 13.0 Å². The van der Waals surface area contributed by atoms with Crippen LogP contribution in [-0.2, 0) is 50.7 Å². The number of aromatic nitrogens is 4. The number of aliphatic hydroxyl groups excluding tert-OH is 2. The van der Waals surface area contributed by atoms with Gasteiger partial charge >= 0.3 is 23.5 Å². The van der Waals surface area contributed by atoms with E-state index in [0.29, 0.717) is 5.75 Å². The fourth-order valence-electron chi connectivity index (χ4n) is 4.47. The average molecular weight is 856 g/mol. The molecule has 7 unspecified atom stereocenters. The summed E-state index contributed by atoms with van der Waals surface area (Å²) in [6, 6.07) is 0. The minimum absolute atomic E-state index is 0. The van der Waals surface area contributed by atoms with Crippen LogP contribution in [0, 0.1) is 5.41 Å². The van der Waals surface area contributed by atoms with Crippen molar-refractivity contribution in [3.05, 3.63) is 24.8 Å². The second-order valence-electron chi connectivity index (χ2n) is 11.7. The number of anilines is 1. The Morgan fingerprint density at radius 3 is 2.32 bits per heavy atom. The maximum Gasteiger partial charge on any atom is 0.481 e. The van der Waals surface area contributed by atoms with Gasteiger partial charge in [-0.1, -0.05) is 31.7 Å². The van der Waals surface area contributed by atoms with E-state index in [9.17, 15) is 57.9 Å². The summed E-state index contributed by atoms with van der Waals surface area (Å²) in [6.45, 7) is 2.17. The summed E-state index contributed by atoms with van der Waals surface area (Å²) >= 11 is 1.01. The molecule has 31 heteroatoms. The van der Waals surface area contributed by atoms with E-state index in [1.807, 2.05) is 0 Å². The van der Waals surface area contributed by atoms with Crippen LogP contribution in [0.5, 0.6) is 0 Å². The van der Waals surface area contributed by atoms with E-state index >= 15 is 0 Å². The Morgan fingerprint density at radius 2 is 1.70 bits per heavy atom. The number of carbonyl (C=O) groups is 3. The molecule has 24 nitrogen and oxygen atoms in total. The van der Waals surface area contributed by atoms with Crippen molar-refractivity contribution in [1.29, 1.82) is 0 Å². The van der Waals surface area contributed by atoms with Crippen molar-refractivity contribution in [1.82, 2.24) is 30.2 Å². The third kappa shape index (κ3) is 17.0. The van der Waals surface area contributed by atoms with Gasteiger partial charge < -0.3 is 50.9 Å². The molecule has 3 heterocycles. The fourth-order valence-corrected chi connectivity index (χ4v) is 7.93. The predicted molar refractivity (Wildman–Crippen MR) is 199 cm³/mol. The second kappa shape index (κ2) is 23.8. The summed E-state index contributed by atoms with van der Waals surface area (Å²) < 4.78 is 61.9. The van der Waals surface area contributed by atoms with Gasteiger partial charge in [-0.05, 0) is 13.0 Å². The molecule has 3 radical (unpaired) electrons. The summed E-state index contributed by atoms with van der Waals surface area (Å²) in [5.41, 5.74) is 4.26. The second-order valence-corrected chi connectivity index (χ2v) is 17.1. The maximum absolute atomic E-state index is 12.6. The Kier molecular flexibility index (Phi) is 23.4. The molecule has 1 saturated heterocycles. The van der Waals surface area contributed by atoms with Gasteiger partial charge in [0.2, 0.25) is 16.9 Å². The van der Waals surface area contributed by atoms with Crippen LogP contribution >= 0.6 is 35.2 Å². The van der Waals surface area contributed by atoms with Crippen molar-refractivity contribution in [3.8, 4) is 0 Å². The minimum atomic E-state index is -5.56. The number of ether oxygens (including phenoxy) is 1. The Hall–Kier alpha value is -0.908. The van der Waals surface area contributed by atoms with Gasteiger partial charge in [-0.2, -0.15) is 4.31 Å². The number of hydrogen-bond acceptors (Lipinski definition) is 18. The molecule has 0 saturated carbocycles. The van der Waals surface area contributed by atoms with Crippen LogP contribution in [-0.4, -0.2) is 179 Å². The number of thioether (sulfide) groups is 1. The molecular weight excluding hydrogens is 816 g/mol. The van der Waals surface area contributed by atoms with Gasteiger partial charge in [0, 0.05) is 87.3 Å². The average Bonchev–Trinajstić information content (AvgIpc) is 3.61. The maximum atomic E-state index is 12.6. The molecule has 56 heavy (non-hydrogen) atoms. The standard InChI is InChI=1S/C25H40N7O17P3S.3Li/c1-4-5-16(34)53-9-8-27-15(33)6-7-28-23(37)20(36)25(2,3)11-46-52(43,44)49-51(41,42)45-10-14-19(48-50(38,39)40)18(35)24(47-14)32-13-31-17-21(26)29-12-30-22(17)32;;;/h4-5,12-14,18-20,24,35-36H,6-11H2,1-3H3,(H,27,33)(H,28,37)(H,41,42)(H,43,44)(H2,26,29,30)(H2,38,39,40);;;/b5-4+;;;. The molecule has 2 amide bonds. The molecule has 0 aromatic carbocycles. The number of nitrogens with one attached hydrogen (secondary N) is 2. The number of fused-ring (bicyclic) bond motifs is 1. The van der Waals surface area contributed by atoms with Crippen LogP contribution in [0.4, 0.5) is 5.82 Å². The van der Waals surface area contributed by atoms with Crippen molar-refractivity contribution in [2.75, 3.05) is 37.8 Å². The van der Waals surface area contributed by atoms with Crippen molar-refractivity contribution in [2.24, 2.45) is 5.41 Å².